The molecule has 2 heterocycles. The number of aliphatic hydroxyl groups is 1. The summed E-state index contributed by atoms with van der Waals surface area (Å²) in [4.78, 5) is 9.03. The summed E-state index contributed by atoms with van der Waals surface area (Å²) in [6.45, 7) is 0.801. The van der Waals surface area contributed by atoms with Crippen LogP contribution in [0, 0.1) is 5.82 Å². The number of para-hydroxylation sites is 1. The first-order valence-electron chi connectivity index (χ1n) is 8.50. The number of phenols is 1. The van der Waals surface area contributed by atoms with E-state index < -0.39 is 5.82 Å². The van der Waals surface area contributed by atoms with Crippen LogP contribution in [0.25, 0.3) is 22.3 Å². The molecule has 1 fully saturated rings. The van der Waals surface area contributed by atoms with Crippen LogP contribution >= 0.6 is 0 Å². The Balaban J connectivity index is 1.77. The van der Waals surface area contributed by atoms with Gasteiger partial charge in [0.15, 0.2) is 5.82 Å². The molecule has 2 atom stereocenters. The summed E-state index contributed by atoms with van der Waals surface area (Å²) < 4.78 is 13.6. The summed E-state index contributed by atoms with van der Waals surface area (Å²) in [6.07, 6.45) is 0.773. The summed E-state index contributed by atoms with van der Waals surface area (Å²) in [7, 11) is 0. The number of nitrogens with zero attached hydrogens (tertiary/aromatic N) is 2. The lowest BCUT2D eigenvalue weighted by Gasteiger charge is -2.16. The van der Waals surface area contributed by atoms with E-state index in [4.69, 9.17) is 0 Å². The topological polar surface area (TPSA) is 90.3 Å². The Labute approximate surface area is 149 Å². The largest absolute Gasteiger partial charge is 0.507 e. The van der Waals surface area contributed by atoms with E-state index >= 15 is 0 Å². The number of phenolic OH excluding ortho intramolecular Hbond substituents is 1. The molecule has 0 bridgehead atoms. The number of nitrogens with one attached hydrogen (secondary N) is 2. The van der Waals surface area contributed by atoms with Crippen molar-refractivity contribution >= 4 is 16.7 Å². The van der Waals surface area contributed by atoms with Gasteiger partial charge in [-0.1, -0.05) is 12.1 Å². The molecule has 0 saturated carbocycles. The second-order valence-electron chi connectivity index (χ2n) is 6.44. The maximum atomic E-state index is 13.6. The molecule has 0 spiro atoms. The molecule has 0 radical (unpaired) electrons. The van der Waals surface area contributed by atoms with Gasteiger partial charge in [0.25, 0.3) is 0 Å². The first-order valence-corrected chi connectivity index (χ1v) is 8.50. The Hall–Kier alpha value is -2.77. The molecule has 4 N–H and O–H groups in total. The highest BCUT2D eigenvalue weighted by atomic mass is 19.1. The van der Waals surface area contributed by atoms with Crippen molar-refractivity contribution < 1.29 is 14.6 Å². The molecule has 0 aliphatic carbocycles. The van der Waals surface area contributed by atoms with E-state index in [1.54, 1.807) is 0 Å². The fourth-order valence-electron chi connectivity index (χ4n) is 3.26. The van der Waals surface area contributed by atoms with E-state index in [9.17, 15) is 14.6 Å². The maximum absolute atomic E-state index is 13.6. The van der Waals surface area contributed by atoms with Gasteiger partial charge in [0.1, 0.15) is 17.4 Å². The number of aromatic nitrogens is 2. The Morgan fingerprint density at radius 1 is 1.19 bits per heavy atom. The third-order valence-corrected chi connectivity index (χ3v) is 4.59. The Kier molecular flexibility index (Phi) is 4.40. The molecule has 1 aliphatic rings. The lowest BCUT2D eigenvalue weighted by molar-refractivity contribution is 0.254. The summed E-state index contributed by atoms with van der Waals surface area (Å²) in [6, 6.07) is 11.4. The summed E-state index contributed by atoms with van der Waals surface area (Å²) in [5.41, 5.74) is 0.949. The average Bonchev–Trinajstić information content (AvgIpc) is 3.11. The van der Waals surface area contributed by atoms with Crippen LogP contribution in [0.5, 0.6) is 5.75 Å². The van der Waals surface area contributed by atoms with Gasteiger partial charge in [0.05, 0.1) is 17.7 Å². The number of aliphatic hydroxyl groups excluding tert-OH is 1. The van der Waals surface area contributed by atoms with Gasteiger partial charge in [0.2, 0.25) is 0 Å². The maximum Gasteiger partial charge on any atom is 0.165 e. The molecule has 7 heteroatoms. The van der Waals surface area contributed by atoms with E-state index in [0.29, 0.717) is 17.9 Å². The van der Waals surface area contributed by atoms with Gasteiger partial charge in [-0.25, -0.2) is 14.4 Å². The molecule has 0 unspecified atom stereocenters. The predicted molar refractivity (Wildman–Crippen MR) is 97.5 cm³/mol. The Morgan fingerprint density at radius 2 is 2.04 bits per heavy atom. The van der Waals surface area contributed by atoms with Gasteiger partial charge in [-0.05, 0) is 36.8 Å². The van der Waals surface area contributed by atoms with Crippen molar-refractivity contribution in [2.45, 2.75) is 18.5 Å². The number of aromatic hydroxyl groups is 1. The van der Waals surface area contributed by atoms with Crippen LogP contribution in [0.2, 0.25) is 0 Å². The minimum Gasteiger partial charge on any atom is -0.507 e. The fraction of sp³-hybridized carbons (Fsp3) is 0.263. The SMILES string of the molecule is OC[C@H]1C[C@H](Nc2nc(-c3cc(F)ccc3O)nc3ccccc23)CN1. The van der Waals surface area contributed by atoms with Gasteiger partial charge in [-0.3, -0.25) is 0 Å². The molecule has 4 rings (SSSR count). The van der Waals surface area contributed by atoms with Crippen LogP contribution in [-0.4, -0.2) is 45.4 Å². The monoisotopic (exact) mass is 354 g/mol. The van der Waals surface area contributed by atoms with Crippen molar-refractivity contribution in [1.82, 2.24) is 15.3 Å². The molecule has 1 saturated heterocycles. The standard InChI is InChI=1S/C19H19FN4O2/c20-11-5-6-17(26)15(7-11)19-23-16-4-2-1-3-14(16)18(24-19)22-12-8-13(10-25)21-9-12/h1-7,12-13,21,25-26H,8-10H2,(H,22,23,24)/t12-,13+/m0/s1. The number of benzene rings is 2. The molecular formula is C19H19FN4O2. The number of rotatable bonds is 4. The minimum absolute atomic E-state index is 0.0623. The van der Waals surface area contributed by atoms with E-state index in [1.165, 1.54) is 18.2 Å². The highest BCUT2D eigenvalue weighted by molar-refractivity contribution is 5.91. The van der Waals surface area contributed by atoms with Gasteiger partial charge < -0.3 is 20.8 Å². The Morgan fingerprint density at radius 3 is 2.85 bits per heavy atom. The zero-order valence-corrected chi connectivity index (χ0v) is 14.0. The normalized spacial score (nSPS) is 19.8. The number of fused-ring (bicyclic) bond motifs is 1. The van der Waals surface area contributed by atoms with Gasteiger partial charge in [-0.15, -0.1) is 0 Å². The van der Waals surface area contributed by atoms with Crippen LogP contribution in [0.1, 0.15) is 6.42 Å². The number of halogens is 1. The lowest BCUT2D eigenvalue weighted by Crippen LogP contribution is -2.25. The van der Waals surface area contributed by atoms with E-state index in [2.05, 4.69) is 20.6 Å². The van der Waals surface area contributed by atoms with Gasteiger partial charge >= 0.3 is 0 Å². The van der Waals surface area contributed by atoms with Crippen molar-refractivity contribution in [1.29, 1.82) is 0 Å². The van der Waals surface area contributed by atoms with Crippen LogP contribution < -0.4 is 10.6 Å². The van der Waals surface area contributed by atoms with Crippen molar-refractivity contribution in [2.75, 3.05) is 18.5 Å². The molecule has 3 aromatic rings. The highest BCUT2D eigenvalue weighted by Gasteiger charge is 2.24. The smallest absolute Gasteiger partial charge is 0.165 e. The van der Waals surface area contributed by atoms with Gasteiger partial charge in [-0.2, -0.15) is 0 Å². The Bertz CT molecular complexity index is 950. The quantitative estimate of drug-likeness (QED) is 0.575. The molecule has 6 nitrogen and oxygen atoms in total. The summed E-state index contributed by atoms with van der Waals surface area (Å²) in [5, 5.41) is 26.9. The van der Waals surface area contributed by atoms with E-state index in [1.807, 2.05) is 24.3 Å². The molecule has 0 amide bonds. The number of hydrogen-bond acceptors (Lipinski definition) is 6. The molecule has 2 aromatic carbocycles. The van der Waals surface area contributed by atoms with Gasteiger partial charge in [0, 0.05) is 24.0 Å². The molecule has 1 aromatic heterocycles. The number of hydrogen-bond donors (Lipinski definition) is 4. The molecule has 1 aliphatic heterocycles. The molecule has 134 valence electrons. The minimum atomic E-state index is -0.463. The van der Waals surface area contributed by atoms with Crippen molar-refractivity contribution in [3.8, 4) is 17.1 Å². The predicted octanol–water partition coefficient (Wildman–Crippen LogP) is 2.28. The third-order valence-electron chi connectivity index (χ3n) is 4.59. The molecular weight excluding hydrogens is 335 g/mol. The van der Waals surface area contributed by atoms with Crippen LogP contribution in [0.4, 0.5) is 10.2 Å². The average molecular weight is 354 g/mol. The second-order valence-corrected chi connectivity index (χ2v) is 6.44. The van der Waals surface area contributed by atoms with Crippen LogP contribution in [0.15, 0.2) is 42.5 Å². The first-order chi connectivity index (χ1) is 12.6. The molecule has 26 heavy (non-hydrogen) atoms. The summed E-state index contributed by atoms with van der Waals surface area (Å²) >= 11 is 0. The zero-order valence-electron chi connectivity index (χ0n) is 14.0. The van der Waals surface area contributed by atoms with Crippen LogP contribution in [-0.2, 0) is 0 Å². The number of anilines is 1. The van der Waals surface area contributed by atoms with E-state index in [0.717, 1.165) is 11.8 Å². The third kappa shape index (κ3) is 3.18. The van der Waals surface area contributed by atoms with Crippen LogP contribution in [0.3, 0.4) is 0 Å². The highest BCUT2D eigenvalue weighted by Crippen LogP contribution is 2.31. The summed E-state index contributed by atoms with van der Waals surface area (Å²) in [5.74, 6) is 0.345. The fourth-order valence-corrected chi connectivity index (χ4v) is 3.26. The van der Waals surface area contributed by atoms with E-state index in [-0.39, 0.29) is 35.8 Å². The lowest BCUT2D eigenvalue weighted by atomic mass is 10.1. The zero-order chi connectivity index (χ0) is 18.1. The second kappa shape index (κ2) is 6.86. The van der Waals surface area contributed by atoms with Crippen molar-refractivity contribution in [2.24, 2.45) is 0 Å². The van der Waals surface area contributed by atoms with Crippen molar-refractivity contribution in [3.05, 3.63) is 48.3 Å². The first kappa shape index (κ1) is 16.7. The van der Waals surface area contributed by atoms with Crippen molar-refractivity contribution in [3.63, 3.8) is 0 Å².